The van der Waals surface area contributed by atoms with Crippen LogP contribution in [0.15, 0.2) is 48.5 Å². The third-order valence-corrected chi connectivity index (χ3v) is 2.91. The number of nitrogens with one attached hydrogen (secondary N) is 2. The molecule has 1 heterocycles. The molecule has 2 amide bonds. The van der Waals surface area contributed by atoms with Gasteiger partial charge in [-0.1, -0.05) is 18.2 Å². The molecule has 2 aromatic rings. The Morgan fingerprint density at radius 3 is 2.75 bits per heavy atom. The lowest BCUT2D eigenvalue weighted by atomic mass is 10.1. The molecular weight excluding hydrogens is 256 g/mol. The van der Waals surface area contributed by atoms with Crippen molar-refractivity contribution < 1.29 is 14.3 Å². The monoisotopic (exact) mass is 268 g/mol. The second-order valence-corrected chi connectivity index (χ2v) is 4.37. The highest BCUT2D eigenvalue weighted by Crippen LogP contribution is 2.28. The van der Waals surface area contributed by atoms with Crippen LogP contribution in [0.3, 0.4) is 0 Å². The molecule has 0 unspecified atom stereocenters. The number of fused-ring (bicyclic) bond motifs is 1. The number of carbonyl (C=O) groups excluding carboxylic acids is 2. The van der Waals surface area contributed by atoms with Gasteiger partial charge >= 0.3 is 0 Å². The van der Waals surface area contributed by atoms with Crippen LogP contribution in [0.25, 0.3) is 0 Å². The van der Waals surface area contributed by atoms with E-state index in [0.717, 1.165) is 5.69 Å². The van der Waals surface area contributed by atoms with Gasteiger partial charge in [-0.05, 0) is 30.3 Å². The average molecular weight is 268 g/mol. The Balaban J connectivity index is 1.81. The lowest BCUT2D eigenvalue weighted by molar-refractivity contribution is -0.118. The summed E-state index contributed by atoms with van der Waals surface area (Å²) in [6, 6.07) is 14.1. The van der Waals surface area contributed by atoms with E-state index in [1.807, 2.05) is 30.3 Å². The lowest BCUT2D eigenvalue weighted by Crippen LogP contribution is -2.25. The number of rotatable bonds is 2. The highest BCUT2D eigenvalue weighted by Gasteiger charge is 2.17. The van der Waals surface area contributed by atoms with Crippen molar-refractivity contribution in [1.29, 1.82) is 0 Å². The fraction of sp³-hybridized carbons (Fsp3) is 0.0667. The SMILES string of the molecule is O=C1COc2cc(C(=O)Nc3ccccc3)ccc2N1. The minimum absolute atomic E-state index is 0.0310. The zero-order valence-electron chi connectivity index (χ0n) is 10.6. The molecule has 0 atom stereocenters. The van der Waals surface area contributed by atoms with Crippen LogP contribution < -0.4 is 15.4 Å². The van der Waals surface area contributed by atoms with Crippen LogP contribution in [-0.4, -0.2) is 18.4 Å². The van der Waals surface area contributed by atoms with Gasteiger partial charge < -0.3 is 15.4 Å². The van der Waals surface area contributed by atoms with Gasteiger partial charge in [0.15, 0.2) is 6.61 Å². The normalized spacial score (nSPS) is 12.9. The number of anilines is 2. The number of hydrogen-bond donors (Lipinski definition) is 2. The Kier molecular flexibility index (Phi) is 3.09. The first-order valence-electron chi connectivity index (χ1n) is 6.15. The third-order valence-electron chi connectivity index (χ3n) is 2.91. The number of hydrogen-bond acceptors (Lipinski definition) is 3. The van der Waals surface area contributed by atoms with Crippen molar-refractivity contribution in [3.8, 4) is 5.75 Å². The quantitative estimate of drug-likeness (QED) is 0.878. The number of benzene rings is 2. The van der Waals surface area contributed by atoms with Gasteiger partial charge in [0.25, 0.3) is 11.8 Å². The van der Waals surface area contributed by atoms with Crippen LogP contribution in [0.4, 0.5) is 11.4 Å². The Morgan fingerprint density at radius 1 is 1.15 bits per heavy atom. The van der Waals surface area contributed by atoms with Crippen molar-refractivity contribution in [3.05, 3.63) is 54.1 Å². The highest BCUT2D eigenvalue weighted by molar-refractivity contribution is 6.05. The first-order chi connectivity index (χ1) is 9.72. The molecule has 0 aliphatic carbocycles. The predicted octanol–water partition coefficient (Wildman–Crippen LogP) is 2.27. The van der Waals surface area contributed by atoms with E-state index in [4.69, 9.17) is 4.74 Å². The maximum atomic E-state index is 12.1. The third kappa shape index (κ3) is 2.47. The Labute approximate surface area is 115 Å². The van der Waals surface area contributed by atoms with E-state index in [-0.39, 0.29) is 18.4 Å². The molecule has 0 fully saturated rings. The molecule has 5 heteroatoms. The van der Waals surface area contributed by atoms with Crippen LogP contribution in [0.1, 0.15) is 10.4 Å². The summed E-state index contributed by atoms with van der Waals surface area (Å²) in [6.45, 7) is -0.0310. The van der Waals surface area contributed by atoms with Gasteiger partial charge in [-0.15, -0.1) is 0 Å². The van der Waals surface area contributed by atoms with Crippen LogP contribution in [0.5, 0.6) is 5.75 Å². The average Bonchev–Trinajstić information content (AvgIpc) is 2.47. The van der Waals surface area contributed by atoms with Gasteiger partial charge in [-0.2, -0.15) is 0 Å². The van der Waals surface area contributed by atoms with Crippen molar-refractivity contribution >= 4 is 23.2 Å². The fourth-order valence-electron chi connectivity index (χ4n) is 1.94. The van der Waals surface area contributed by atoms with E-state index >= 15 is 0 Å². The summed E-state index contributed by atoms with van der Waals surface area (Å²) in [6.07, 6.45) is 0. The van der Waals surface area contributed by atoms with Crippen molar-refractivity contribution in [2.45, 2.75) is 0 Å². The molecule has 0 bridgehead atoms. The molecule has 0 saturated carbocycles. The van der Waals surface area contributed by atoms with Crippen molar-refractivity contribution in [3.63, 3.8) is 0 Å². The zero-order chi connectivity index (χ0) is 13.9. The van der Waals surface area contributed by atoms with E-state index in [2.05, 4.69) is 10.6 Å². The number of carbonyl (C=O) groups is 2. The van der Waals surface area contributed by atoms with Crippen molar-refractivity contribution in [2.24, 2.45) is 0 Å². The minimum Gasteiger partial charge on any atom is -0.482 e. The summed E-state index contributed by atoms with van der Waals surface area (Å²) in [5.41, 5.74) is 1.78. The molecule has 1 aliphatic heterocycles. The first kappa shape index (κ1) is 12.2. The molecular formula is C15H12N2O3. The van der Waals surface area contributed by atoms with Gasteiger partial charge in [0.05, 0.1) is 5.69 Å². The lowest BCUT2D eigenvalue weighted by Gasteiger charge is -2.18. The Bertz CT molecular complexity index is 668. The standard InChI is InChI=1S/C15H12N2O3/c18-14-9-20-13-8-10(6-7-12(13)17-14)15(19)16-11-4-2-1-3-5-11/h1-8H,9H2,(H,16,19)(H,17,18). The molecule has 0 saturated heterocycles. The molecule has 0 radical (unpaired) electrons. The van der Waals surface area contributed by atoms with E-state index in [0.29, 0.717) is 17.0 Å². The largest absolute Gasteiger partial charge is 0.482 e. The van der Waals surface area contributed by atoms with E-state index in [1.54, 1.807) is 18.2 Å². The zero-order valence-corrected chi connectivity index (χ0v) is 10.6. The van der Waals surface area contributed by atoms with Crippen LogP contribution in [0.2, 0.25) is 0 Å². The second-order valence-electron chi connectivity index (χ2n) is 4.37. The molecule has 20 heavy (non-hydrogen) atoms. The van der Waals surface area contributed by atoms with Crippen molar-refractivity contribution in [2.75, 3.05) is 17.2 Å². The maximum Gasteiger partial charge on any atom is 0.262 e. The van der Waals surface area contributed by atoms with Crippen LogP contribution in [0, 0.1) is 0 Å². The minimum atomic E-state index is -0.223. The first-order valence-corrected chi connectivity index (χ1v) is 6.15. The molecule has 2 N–H and O–H groups in total. The Hall–Kier alpha value is -2.82. The fourth-order valence-corrected chi connectivity index (χ4v) is 1.94. The number of amides is 2. The molecule has 100 valence electrons. The Morgan fingerprint density at radius 2 is 1.95 bits per heavy atom. The summed E-state index contributed by atoms with van der Waals surface area (Å²) in [4.78, 5) is 23.3. The van der Waals surface area contributed by atoms with E-state index in [1.165, 1.54) is 0 Å². The number of ether oxygens (including phenoxy) is 1. The van der Waals surface area contributed by atoms with Crippen molar-refractivity contribution in [1.82, 2.24) is 0 Å². The van der Waals surface area contributed by atoms with E-state index < -0.39 is 0 Å². The maximum absolute atomic E-state index is 12.1. The molecule has 2 aromatic carbocycles. The molecule has 0 aromatic heterocycles. The van der Waals surface area contributed by atoms with Crippen LogP contribution in [-0.2, 0) is 4.79 Å². The van der Waals surface area contributed by atoms with E-state index in [9.17, 15) is 9.59 Å². The molecule has 3 rings (SSSR count). The number of para-hydroxylation sites is 1. The summed E-state index contributed by atoms with van der Waals surface area (Å²) in [7, 11) is 0. The molecule has 0 spiro atoms. The topological polar surface area (TPSA) is 67.4 Å². The summed E-state index contributed by atoms with van der Waals surface area (Å²) >= 11 is 0. The smallest absolute Gasteiger partial charge is 0.262 e. The summed E-state index contributed by atoms with van der Waals surface area (Å²) in [5.74, 6) is 0.0869. The second kappa shape index (κ2) is 5.05. The van der Waals surface area contributed by atoms with Gasteiger partial charge in [-0.3, -0.25) is 9.59 Å². The van der Waals surface area contributed by atoms with Gasteiger partial charge in [0, 0.05) is 11.3 Å². The van der Waals surface area contributed by atoms with Crippen LogP contribution >= 0.6 is 0 Å². The predicted molar refractivity (Wildman–Crippen MR) is 75.0 cm³/mol. The van der Waals surface area contributed by atoms with Gasteiger partial charge in [0.2, 0.25) is 0 Å². The summed E-state index contributed by atoms with van der Waals surface area (Å²) in [5, 5.41) is 5.47. The highest BCUT2D eigenvalue weighted by atomic mass is 16.5. The molecule has 5 nitrogen and oxygen atoms in total. The van der Waals surface area contributed by atoms with Gasteiger partial charge in [-0.25, -0.2) is 0 Å². The van der Waals surface area contributed by atoms with Gasteiger partial charge in [0.1, 0.15) is 5.75 Å². The summed E-state index contributed by atoms with van der Waals surface area (Å²) < 4.78 is 5.28. The molecule has 1 aliphatic rings.